The molecule has 0 bridgehead atoms. The Hall–Kier alpha value is -2.99. The van der Waals surface area contributed by atoms with E-state index in [-0.39, 0.29) is 24.3 Å². The second-order valence-corrected chi connectivity index (χ2v) is 9.66. The molecule has 0 saturated carbocycles. The van der Waals surface area contributed by atoms with Gasteiger partial charge in [0.15, 0.2) is 29.5 Å². The van der Waals surface area contributed by atoms with Crippen molar-refractivity contribution in [2.45, 2.75) is 51.1 Å². The molecule has 2 aromatic heterocycles. The minimum Gasteiger partial charge on any atom is -0.348 e. The summed E-state index contributed by atoms with van der Waals surface area (Å²) in [6, 6.07) is 9.70. The highest BCUT2D eigenvalue weighted by Gasteiger charge is 2.53. The van der Waals surface area contributed by atoms with Gasteiger partial charge in [0.05, 0.1) is 12.4 Å². The van der Waals surface area contributed by atoms with Crippen molar-refractivity contribution < 1.29 is 19.0 Å². The van der Waals surface area contributed by atoms with Gasteiger partial charge in [-0.05, 0) is 30.7 Å². The van der Waals surface area contributed by atoms with Gasteiger partial charge in [0.1, 0.15) is 18.5 Å². The van der Waals surface area contributed by atoms with E-state index >= 15 is 0 Å². The molecule has 11 heteroatoms. The number of nitrogens with one attached hydrogen (secondary N) is 2. The maximum Gasteiger partial charge on any atom is 0.320 e. The van der Waals surface area contributed by atoms with Crippen LogP contribution in [0, 0.1) is 0 Å². The van der Waals surface area contributed by atoms with Gasteiger partial charge in [-0.2, -0.15) is 11.8 Å². The van der Waals surface area contributed by atoms with Crippen LogP contribution in [0.1, 0.15) is 32.1 Å². The number of thioether (sulfide) groups is 1. The van der Waals surface area contributed by atoms with E-state index in [1.165, 1.54) is 6.33 Å². The summed E-state index contributed by atoms with van der Waals surface area (Å²) in [5.74, 6) is 2.19. The molecular weight excluding hydrogens is 480 g/mol. The zero-order chi connectivity index (χ0) is 24.9. The second-order valence-electron chi connectivity index (χ2n) is 8.51. The van der Waals surface area contributed by atoms with Gasteiger partial charge in [0.2, 0.25) is 0 Å². The van der Waals surface area contributed by atoms with Crippen LogP contribution in [0.4, 0.5) is 10.6 Å². The van der Waals surface area contributed by atoms with Crippen molar-refractivity contribution in [1.29, 1.82) is 0 Å². The van der Waals surface area contributed by atoms with E-state index in [1.807, 2.05) is 65.7 Å². The van der Waals surface area contributed by atoms with E-state index in [4.69, 9.17) is 14.2 Å². The van der Waals surface area contributed by atoms with Crippen molar-refractivity contribution in [2.24, 2.45) is 0 Å². The minimum atomic E-state index is -0.482. The lowest BCUT2D eigenvalue weighted by Gasteiger charge is -2.20. The van der Waals surface area contributed by atoms with Crippen molar-refractivity contribution in [3.63, 3.8) is 0 Å². The Morgan fingerprint density at radius 1 is 1.11 bits per heavy atom. The normalized spacial score (nSPS) is 25.4. The van der Waals surface area contributed by atoms with Crippen molar-refractivity contribution in [2.75, 3.05) is 23.4 Å². The molecule has 2 saturated heterocycles. The number of urea groups is 1. The zero-order valence-corrected chi connectivity index (χ0v) is 21.1. The number of anilines is 1. The smallest absolute Gasteiger partial charge is 0.320 e. The van der Waals surface area contributed by atoms with Crippen LogP contribution in [0.25, 0.3) is 17.2 Å². The van der Waals surface area contributed by atoms with E-state index in [0.717, 1.165) is 23.5 Å². The van der Waals surface area contributed by atoms with Gasteiger partial charge >= 0.3 is 6.03 Å². The fourth-order valence-electron chi connectivity index (χ4n) is 4.35. The maximum absolute atomic E-state index is 12.0. The van der Waals surface area contributed by atoms with Gasteiger partial charge in [-0.1, -0.05) is 43.3 Å². The Morgan fingerprint density at radius 3 is 2.75 bits per heavy atom. The molecule has 190 valence electrons. The summed E-state index contributed by atoms with van der Waals surface area (Å²) < 4.78 is 21.0. The zero-order valence-electron chi connectivity index (χ0n) is 20.2. The van der Waals surface area contributed by atoms with Crippen LogP contribution >= 0.6 is 11.8 Å². The van der Waals surface area contributed by atoms with Crippen LogP contribution in [0.5, 0.6) is 0 Å². The summed E-state index contributed by atoms with van der Waals surface area (Å²) >= 11 is 1.84. The summed E-state index contributed by atoms with van der Waals surface area (Å²) in [6.07, 6.45) is 6.43. The highest BCUT2D eigenvalue weighted by molar-refractivity contribution is 7.99. The number of aromatic nitrogens is 4. The number of rotatable bonds is 9. The van der Waals surface area contributed by atoms with Crippen molar-refractivity contribution >= 4 is 40.9 Å². The van der Waals surface area contributed by atoms with Gasteiger partial charge in [-0.3, -0.25) is 9.88 Å². The summed E-state index contributed by atoms with van der Waals surface area (Å²) in [6.45, 7) is 4.51. The van der Waals surface area contributed by atoms with Gasteiger partial charge in [0.25, 0.3) is 0 Å². The van der Waals surface area contributed by atoms with Gasteiger partial charge < -0.3 is 19.5 Å². The quantitative estimate of drug-likeness (QED) is 0.418. The first-order chi connectivity index (χ1) is 17.7. The highest BCUT2D eigenvalue weighted by Crippen LogP contribution is 2.42. The van der Waals surface area contributed by atoms with Crippen molar-refractivity contribution in [3.8, 4) is 0 Å². The fourth-order valence-corrected chi connectivity index (χ4v) is 5.30. The molecule has 4 heterocycles. The van der Waals surface area contributed by atoms with E-state index < -0.39 is 12.5 Å². The number of hydrogen-bond acceptors (Lipinski definition) is 8. The minimum absolute atomic E-state index is 0.140. The number of carbonyl (C=O) groups excluding carboxylic acids is 1. The van der Waals surface area contributed by atoms with E-state index in [2.05, 4.69) is 32.5 Å². The summed E-state index contributed by atoms with van der Waals surface area (Å²) in [4.78, 5) is 25.2. The molecule has 5 atom stereocenters. The third-order valence-corrected chi connectivity index (χ3v) is 7.21. The van der Waals surface area contributed by atoms with Gasteiger partial charge in [-0.15, -0.1) is 0 Å². The number of ether oxygens (including phenoxy) is 3. The summed E-state index contributed by atoms with van der Waals surface area (Å²) in [5, 5.41) is 5.43. The van der Waals surface area contributed by atoms with Gasteiger partial charge in [-0.25, -0.2) is 19.7 Å². The number of imidazole rings is 1. The first-order valence-corrected chi connectivity index (χ1v) is 13.3. The maximum atomic E-state index is 12.0. The van der Waals surface area contributed by atoms with E-state index in [1.54, 1.807) is 6.33 Å². The second kappa shape index (κ2) is 11.4. The standard InChI is InChI=1S/C25H30N6O4S/c1-3-12-36-13-17-20-21(35-18(34-20)11-10-16-8-6-5-7-9-16)24(33-17)31-15-29-19-22(27-14-28-23(19)31)30-25(32)26-4-2/h5-11,14-15,17-18,20-21,24H,3-4,12-13H2,1-2H3,(H2,26,27,28,30,32)/b11-10+/t17-,18+,20-,21-,24-/m1/s1. The Kier molecular flexibility index (Phi) is 7.81. The molecule has 2 N–H and O–H groups in total. The lowest BCUT2D eigenvalue weighted by atomic mass is 10.1. The van der Waals surface area contributed by atoms with Crippen LogP contribution in [0.15, 0.2) is 49.1 Å². The first-order valence-electron chi connectivity index (χ1n) is 12.2. The van der Waals surface area contributed by atoms with Gasteiger partial charge in [0, 0.05) is 12.3 Å². The molecule has 2 fully saturated rings. The third kappa shape index (κ3) is 5.24. The molecule has 0 aliphatic carbocycles. The molecule has 36 heavy (non-hydrogen) atoms. The fraction of sp³-hybridized carbons (Fsp3) is 0.440. The van der Waals surface area contributed by atoms with Crippen LogP contribution in [0.3, 0.4) is 0 Å². The number of fused-ring (bicyclic) bond motifs is 2. The number of nitrogens with zero attached hydrogens (tertiary/aromatic N) is 4. The average Bonchev–Trinajstić information content (AvgIpc) is 3.58. The third-order valence-electron chi connectivity index (χ3n) is 5.95. The highest BCUT2D eigenvalue weighted by atomic mass is 32.2. The topological polar surface area (TPSA) is 112 Å². The molecule has 0 spiro atoms. The Bertz CT molecular complexity index is 1210. The lowest BCUT2D eigenvalue weighted by Crippen LogP contribution is -2.30. The monoisotopic (exact) mass is 510 g/mol. The first kappa shape index (κ1) is 24.7. The summed E-state index contributed by atoms with van der Waals surface area (Å²) in [7, 11) is 0. The van der Waals surface area contributed by atoms with Crippen molar-refractivity contribution in [3.05, 3.63) is 54.6 Å². The number of carbonyl (C=O) groups is 1. The molecule has 1 aromatic carbocycles. The number of benzene rings is 1. The molecule has 10 nitrogen and oxygen atoms in total. The summed E-state index contributed by atoms with van der Waals surface area (Å²) in [5.41, 5.74) is 2.11. The molecule has 2 amide bonds. The largest absolute Gasteiger partial charge is 0.348 e. The van der Waals surface area contributed by atoms with Crippen LogP contribution in [-0.4, -0.2) is 68.2 Å². The molecule has 5 rings (SSSR count). The Morgan fingerprint density at radius 2 is 1.94 bits per heavy atom. The average molecular weight is 511 g/mol. The van der Waals surface area contributed by atoms with Crippen LogP contribution in [-0.2, 0) is 14.2 Å². The Labute approximate surface area is 213 Å². The molecule has 2 aliphatic heterocycles. The number of hydrogen-bond donors (Lipinski definition) is 2. The predicted molar refractivity (Wildman–Crippen MR) is 139 cm³/mol. The molecule has 0 radical (unpaired) electrons. The van der Waals surface area contributed by atoms with Crippen molar-refractivity contribution in [1.82, 2.24) is 24.8 Å². The lowest BCUT2D eigenvalue weighted by molar-refractivity contribution is -0.120. The molecular formula is C25H30N6O4S. The van der Waals surface area contributed by atoms with E-state index in [9.17, 15) is 4.79 Å². The molecule has 0 unspecified atom stereocenters. The van der Waals surface area contributed by atoms with Crippen LogP contribution in [0.2, 0.25) is 0 Å². The van der Waals surface area contributed by atoms with Crippen LogP contribution < -0.4 is 10.6 Å². The molecule has 2 aliphatic rings. The predicted octanol–water partition coefficient (Wildman–Crippen LogP) is 3.83. The van der Waals surface area contributed by atoms with E-state index in [0.29, 0.717) is 23.5 Å². The molecule has 3 aromatic rings. The number of amides is 2. The Balaban J connectivity index is 1.39. The SMILES string of the molecule is CCCSC[C@H]1O[C@@H](n2cnc3c(NC(=O)NCC)ncnc32)[C@@H]2O[C@@H](/C=C/c3ccccc3)O[C@@H]21.